The molecule has 1 aromatic heterocycles. The monoisotopic (exact) mass is 411 g/mol. The number of para-hydroxylation sites is 1. The van der Waals surface area contributed by atoms with E-state index in [4.69, 9.17) is 4.84 Å². The van der Waals surface area contributed by atoms with Crippen LogP contribution in [0.3, 0.4) is 0 Å². The molecule has 0 atom stereocenters. The van der Waals surface area contributed by atoms with Crippen molar-refractivity contribution in [2.75, 3.05) is 11.9 Å². The topological polar surface area (TPSA) is 54.5 Å². The number of pyridine rings is 1. The maximum absolute atomic E-state index is 13.5. The van der Waals surface area contributed by atoms with Gasteiger partial charge in [-0.2, -0.15) is 5.06 Å². The van der Waals surface area contributed by atoms with Crippen LogP contribution >= 0.6 is 0 Å². The Morgan fingerprint density at radius 2 is 1.73 bits per heavy atom. The highest BCUT2D eigenvalue weighted by Crippen LogP contribution is 2.40. The third-order valence-electron chi connectivity index (χ3n) is 6.86. The van der Waals surface area contributed by atoms with Gasteiger partial charge in [-0.05, 0) is 71.9 Å². The van der Waals surface area contributed by atoms with Gasteiger partial charge in [-0.15, -0.1) is 0 Å². The summed E-state index contributed by atoms with van der Waals surface area (Å²) in [5, 5.41) is 6.32. The number of hydrogen-bond acceptors (Lipinski definition) is 4. The lowest BCUT2D eigenvalue weighted by Crippen LogP contribution is -2.59. The van der Waals surface area contributed by atoms with E-state index in [0.717, 1.165) is 29.4 Å². The SMILES string of the molecule is CCC(CC)(CON1C(C)(C)CCCC1(C)C)C(=O)Nc1cccc2cccnc12. The van der Waals surface area contributed by atoms with Crippen molar-refractivity contribution in [1.29, 1.82) is 0 Å². The zero-order valence-electron chi connectivity index (χ0n) is 19.4. The van der Waals surface area contributed by atoms with E-state index >= 15 is 0 Å². The second-order valence-electron chi connectivity index (χ2n) is 9.87. The van der Waals surface area contributed by atoms with Crippen molar-refractivity contribution < 1.29 is 9.63 Å². The molecular formula is C25H37N3O2. The van der Waals surface area contributed by atoms with Crippen molar-refractivity contribution in [3.8, 4) is 0 Å². The minimum atomic E-state index is -0.597. The Hall–Kier alpha value is -1.98. The van der Waals surface area contributed by atoms with Gasteiger partial charge in [0.1, 0.15) is 0 Å². The van der Waals surface area contributed by atoms with E-state index in [1.165, 1.54) is 6.42 Å². The van der Waals surface area contributed by atoms with E-state index in [9.17, 15) is 4.79 Å². The molecule has 0 saturated carbocycles. The second-order valence-corrected chi connectivity index (χ2v) is 9.87. The number of aromatic nitrogens is 1. The fourth-order valence-electron chi connectivity index (χ4n) is 4.81. The molecule has 2 aromatic rings. The maximum Gasteiger partial charge on any atom is 0.233 e. The first-order valence-corrected chi connectivity index (χ1v) is 11.2. The molecule has 1 amide bonds. The molecule has 1 N–H and O–H groups in total. The van der Waals surface area contributed by atoms with Gasteiger partial charge in [0.25, 0.3) is 0 Å². The maximum atomic E-state index is 13.5. The van der Waals surface area contributed by atoms with Crippen molar-refractivity contribution in [2.45, 2.75) is 84.7 Å². The van der Waals surface area contributed by atoms with Gasteiger partial charge in [0.2, 0.25) is 5.91 Å². The zero-order valence-corrected chi connectivity index (χ0v) is 19.4. The number of hydroxylamine groups is 2. The van der Waals surface area contributed by atoms with Crippen LogP contribution in [0.25, 0.3) is 10.9 Å². The van der Waals surface area contributed by atoms with Crippen LogP contribution in [-0.2, 0) is 9.63 Å². The van der Waals surface area contributed by atoms with E-state index in [0.29, 0.717) is 19.4 Å². The molecule has 0 aliphatic carbocycles. The quantitative estimate of drug-likeness (QED) is 0.611. The van der Waals surface area contributed by atoms with E-state index < -0.39 is 5.41 Å². The Labute approximate surface area is 181 Å². The number of anilines is 1. The van der Waals surface area contributed by atoms with Crippen LogP contribution in [0.1, 0.15) is 73.6 Å². The number of piperidine rings is 1. The lowest BCUT2D eigenvalue weighted by molar-refractivity contribution is -0.291. The van der Waals surface area contributed by atoms with E-state index in [2.05, 4.69) is 56.9 Å². The van der Waals surface area contributed by atoms with Crippen LogP contribution in [0, 0.1) is 5.41 Å². The number of nitrogens with one attached hydrogen (secondary N) is 1. The molecule has 5 nitrogen and oxygen atoms in total. The van der Waals surface area contributed by atoms with Crippen molar-refractivity contribution in [3.05, 3.63) is 36.5 Å². The molecule has 1 fully saturated rings. The minimum absolute atomic E-state index is 0.00160. The molecule has 2 heterocycles. The Kier molecular flexibility index (Phi) is 6.54. The second kappa shape index (κ2) is 8.64. The normalized spacial score (nSPS) is 19.0. The highest BCUT2D eigenvalue weighted by atomic mass is 16.7. The predicted octanol–water partition coefficient (Wildman–Crippen LogP) is 5.95. The first-order chi connectivity index (χ1) is 14.1. The average Bonchev–Trinajstić information content (AvgIpc) is 2.70. The fraction of sp³-hybridized carbons (Fsp3) is 0.600. The summed E-state index contributed by atoms with van der Waals surface area (Å²) >= 11 is 0. The van der Waals surface area contributed by atoms with Crippen molar-refractivity contribution in [1.82, 2.24) is 10.0 Å². The first-order valence-electron chi connectivity index (χ1n) is 11.2. The summed E-state index contributed by atoms with van der Waals surface area (Å²) in [5.74, 6) is -0.00160. The van der Waals surface area contributed by atoms with Crippen LogP contribution in [0.2, 0.25) is 0 Å². The van der Waals surface area contributed by atoms with Crippen LogP contribution in [0.4, 0.5) is 5.69 Å². The average molecular weight is 412 g/mol. The number of rotatable bonds is 7. The summed E-state index contributed by atoms with van der Waals surface area (Å²) in [5.41, 5.74) is 0.869. The number of carbonyl (C=O) groups is 1. The third kappa shape index (κ3) is 4.37. The highest BCUT2D eigenvalue weighted by molar-refractivity contribution is 6.02. The van der Waals surface area contributed by atoms with Crippen LogP contribution in [-0.4, -0.2) is 33.6 Å². The van der Waals surface area contributed by atoms with Gasteiger partial charge in [0, 0.05) is 22.7 Å². The molecule has 30 heavy (non-hydrogen) atoms. The van der Waals surface area contributed by atoms with Gasteiger partial charge in [-0.25, -0.2) is 0 Å². The number of hydrogen-bond donors (Lipinski definition) is 1. The molecule has 164 valence electrons. The largest absolute Gasteiger partial charge is 0.324 e. The molecule has 0 spiro atoms. The number of nitrogens with zero attached hydrogens (tertiary/aromatic N) is 2. The predicted molar refractivity (Wildman–Crippen MR) is 123 cm³/mol. The lowest BCUT2D eigenvalue weighted by Gasteiger charge is -2.52. The van der Waals surface area contributed by atoms with Gasteiger partial charge < -0.3 is 5.32 Å². The van der Waals surface area contributed by atoms with Gasteiger partial charge in [0.05, 0.1) is 23.2 Å². The Morgan fingerprint density at radius 1 is 1.10 bits per heavy atom. The Bertz CT molecular complexity index is 866. The van der Waals surface area contributed by atoms with E-state index in [-0.39, 0.29) is 17.0 Å². The molecule has 1 saturated heterocycles. The molecule has 0 unspecified atom stereocenters. The summed E-state index contributed by atoms with van der Waals surface area (Å²) in [6.07, 6.45) is 6.56. The molecule has 1 aliphatic heterocycles. The minimum Gasteiger partial charge on any atom is -0.324 e. The number of carbonyl (C=O) groups excluding carboxylic acids is 1. The number of amides is 1. The van der Waals surface area contributed by atoms with Crippen molar-refractivity contribution in [3.63, 3.8) is 0 Å². The molecule has 5 heteroatoms. The lowest BCUT2D eigenvalue weighted by atomic mass is 9.81. The number of fused-ring (bicyclic) bond motifs is 1. The molecule has 1 aliphatic rings. The molecule has 1 aromatic carbocycles. The summed E-state index contributed by atoms with van der Waals surface area (Å²) < 4.78 is 0. The zero-order chi connectivity index (χ0) is 22.0. The van der Waals surface area contributed by atoms with Crippen LogP contribution < -0.4 is 5.32 Å². The van der Waals surface area contributed by atoms with E-state index in [1.54, 1.807) is 6.20 Å². The van der Waals surface area contributed by atoms with Crippen molar-refractivity contribution >= 4 is 22.5 Å². The Balaban J connectivity index is 1.82. The highest BCUT2D eigenvalue weighted by Gasteiger charge is 2.45. The molecule has 0 bridgehead atoms. The summed E-state index contributed by atoms with van der Waals surface area (Å²) in [6.45, 7) is 13.4. The summed E-state index contributed by atoms with van der Waals surface area (Å²) in [7, 11) is 0. The van der Waals surface area contributed by atoms with Crippen LogP contribution in [0.15, 0.2) is 36.5 Å². The summed E-state index contributed by atoms with van der Waals surface area (Å²) in [6, 6.07) is 9.80. The fourth-order valence-corrected chi connectivity index (χ4v) is 4.81. The number of benzene rings is 1. The van der Waals surface area contributed by atoms with Gasteiger partial charge >= 0.3 is 0 Å². The standard InChI is InChI=1S/C25H37N3O2/c1-7-25(8-2,18-30-28-23(3,4)15-11-16-24(28,5)6)22(29)27-20-14-9-12-19-13-10-17-26-21(19)20/h9-10,12-14,17H,7-8,11,15-16,18H2,1-6H3,(H,27,29). The van der Waals surface area contributed by atoms with E-state index in [1.807, 2.05) is 30.3 Å². The van der Waals surface area contributed by atoms with Gasteiger partial charge in [-0.1, -0.05) is 32.0 Å². The summed E-state index contributed by atoms with van der Waals surface area (Å²) in [4.78, 5) is 24.4. The molecule has 3 rings (SSSR count). The first kappa shape index (κ1) is 22.7. The molecular weight excluding hydrogens is 374 g/mol. The van der Waals surface area contributed by atoms with Crippen molar-refractivity contribution in [2.24, 2.45) is 5.41 Å². The van der Waals surface area contributed by atoms with Crippen LogP contribution in [0.5, 0.6) is 0 Å². The van der Waals surface area contributed by atoms with Gasteiger partial charge in [-0.3, -0.25) is 14.6 Å². The smallest absolute Gasteiger partial charge is 0.233 e. The molecule has 0 radical (unpaired) electrons. The Morgan fingerprint density at radius 3 is 2.37 bits per heavy atom. The third-order valence-corrected chi connectivity index (χ3v) is 6.86. The van der Waals surface area contributed by atoms with Gasteiger partial charge in [0.15, 0.2) is 0 Å².